The SMILES string of the molecule is COc1ccc(/C(C[C@@]2(O)C(=O)Nc3c(C)cc(Cl)cc32)=N\NC(=O)C(=O)NN)cc1. The number of hydrogen-bond donors (Lipinski definition) is 5. The number of nitrogens with zero attached hydrogens (tertiary/aromatic N) is 1. The summed E-state index contributed by atoms with van der Waals surface area (Å²) in [7, 11) is 1.50. The fourth-order valence-corrected chi connectivity index (χ4v) is 3.49. The molecule has 162 valence electrons. The van der Waals surface area contributed by atoms with Gasteiger partial charge >= 0.3 is 11.8 Å². The number of hydrazone groups is 1. The first-order valence-electron chi connectivity index (χ1n) is 9.06. The zero-order chi connectivity index (χ0) is 22.8. The van der Waals surface area contributed by atoms with Crippen molar-refractivity contribution < 1.29 is 24.2 Å². The molecule has 0 aromatic heterocycles. The van der Waals surface area contributed by atoms with Gasteiger partial charge < -0.3 is 15.2 Å². The van der Waals surface area contributed by atoms with E-state index in [9.17, 15) is 19.5 Å². The first-order chi connectivity index (χ1) is 14.7. The van der Waals surface area contributed by atoms with E-state index in [1.54, 1.807) is 42.7 Å². The first-order valence-corrected chi connectivity index (χ1v) is 9.43. The maximum Gasteiger partial charge on any atom is 0.330 e. The molecule has 2 aromatic carbocycles. The number of methoxy groups -OCH3 is 1. The van der Waals surface area contributed by atoms with E-state index in [0.717, 1.165) is 0 Å². The Kier molecular flexibility index (Phi) is 6.25. The fraction of sp³-hybridized carbons (Fsp3) is 0.200. The highest BCUT2D eigenvalue weighted by Crippen LogP contribution is 2.42. The number of nitrogens with two attached hydrogens (primary N) is 1. The van der Waals surface area contributed by atoms with Crippen molar-refractivity contribution in [2.45, 2.75) is 18.9 Å². The summed E-state index contributed by atoms with van der Waals surface area (Å²) in [5.74, 6) is 2.63. The Morgan fingerprint density at radius 3 is 2.55 bits per heavy atom. The molecule has 0 fully saturated rings. The third kappa shape index (κ3) is 4.36. The van der Waals surface area contributed by atoms with Gasteiger partial charge in [0.2, 0.25) is 0 Å². The summed E-state index contributed by atoms with van der Waals surface area (Å²) in [6.07, 6.45) is -0.317. The number of rotatable bonds is 5. The number of carbonyl (C=O) groups is 3. The van der Waals surface area contributed by atoms with Crippen LogP contribution in [0.1, 0.15) is 23.1 Å². The highest BCUT2D eigenvalue weighted by molar-refractivity contribution is 6.35. The Labute approximate surface area is 182 Å². The molecule has 0 unspecified atom stereocenters. The van der Waals surface area contributed by atoms with E-state index in [1.807, 2.05) is 0 Å². The zero-order valence-electron chi connectivity index (χ0n) is 16.7. The molecule has 1 heterocycles. The average Bonchev–Trinajstić information content (AvgIpc) is 3.01. The summed E-state index contributed by atoms with van der Waals surface area (Å²) >= 11 is 6.14. The molecule has 1 aliphatic heterocycles. The van der Waals surface area contributed by atoms with Crippen LogP contribution in [0.25, 0.3) is 0 Å². The predicted octanol–water partition coefficient (Wildman–Crippen LogP) is 0.697. The number of ether oxygens (including phenoxy) is 1. The number of aliphatic hydroxyl groups is 1. The lowest BCUT2D eigenvalue weighted by molar-refractivity contribution is -0.139. The van der Waals surface area contributed by atoms with Crippen molar-refractivity contribution >= 4 is 40.7 Å². The molecule has 0 saturated heterocycles. The summed E-state index contributed by atoms with van der Waals surface area (Å²) in [6.45, 7) is 1.75. The van der Waals surface area contributed by atoms with Gasteiger partial charge in [0.25, 0.3) is 5.91 Å². The van der Waals surface area contributed by atoms with Crippen molar-refractivity contribution in [2.24, 2.45) is 10.9 Å². The van der Waals surface area contributed by atoms with Crippen LogP contribution in [0, 0.1) is 6.92 Å². The van der Waals surface area contributed by atoms with E-state index in [1.165, 1.54) is 13.2 Å². The number of aryl methyl sites for hydroxylation is 1. The van der Waals surface area contributed by atoms with Crippen molar-refractivity contribution in [1.82, 2.24) is 10.9 Å². The third-order valence-electron chi connectivity index (χ3n) is 4.84. The largest absolute Gasteiger partial charge is 0.497 e. The van der Waals surface area contributed by atoms with Crippen molar-refractivity contribution in [3.63, 3.8) is 0 Å². The van der Waals surface area contributed by atoms with Crippen LogP contribution < -0.4 is 26.7 Å². The molecule has 0 saturated carbocycles. The quantitative estimate of drug-likeness (QED) is 0.150. The van der Waals surface area contributed by atoms with E-state index in [4.69, 9.17) is 22.2 Å². The summed E-state index contributed by atoms with van der Waals surface area (Å²) in [5, 5.41) is 18.3. The molecule has 0 aliphatic carbocycles. The van der Waals surface area contributed by atoms with E-state index in [-0.39, 0.29) is 17.7 Å². The second kappa shape index (κ2) is 8.72. The van der Waals surface area contributed by atoms with Crippen LogP contribution in [0.5, 0.6) is 5.75 Å². The normalized spacial score (nSPS) is 17.6. The number of amides is 3. The number of hydrogen-bond acceptors (Lipinski definition) is 7. The third-order valence-corrected chi connectivity index (χ3v) is 5.05. The Morgan fingerprint density at radius 2 is 1.94 bits per heavy atom. The number of benzene rings is 2. The molecule has 0 bridgehead atoms. The molecule has 10 nitrogen and oxygen atoms in total. The van der Waals surface area contributed by atoms with Crippen molar-refractivity contribution in [1.29, 1.82) is 0 Å². The van der Waals surface area contributed by atoms with Gasteiger partial charge in [-0.3, -0.25) is 19.8 Å². The van der Waals surface area contributed by atoms with Gasteiger partial charge in [-0.15, -0.1) is 0 Å². The number of carbonyl (C=O) groups excluding carboxylic acids is 3. The minimum absolute atomic E-state index is 0.129. The predicted molar refractivity (Wildman–Crippen MR) is 113 cm³/mol. The van der Waals surface area contributed by atoms with Gasteiger partial charge in [0.15, 0.2) is 5.60 Å². The van der Waals surface area contributed by atoms with Crippen LogP contribution in [0.4, 0.5) is 5.69 Å². The summed E-state index contributed by atoms with van der Waals surface area (Å²) in [5.41, 5.74) is 3.78. The Balaban J connectivity index is 2.03. The van der Waals surface area contributed by atoms with Crippen LogP contribution in [0.15, 0.2) is 41.5 Å². The topological polar surface area (TPSA) is 155 Å². The van der Waals surface area contributed by atoms with E-state index in [0.29, 0.717) is 27.6 Å². The molecule has 3 rings (SSSR count). The van der Waals surface area contributed by atoms with Gasteiger partial charge in [-0.25, -0.2) is 11.3 Å². The second-order valence-corrected chi connectivity index (χ2v) is 7.27. The Morgan fingerprint density at radius 1 is 1.26 bits per heavy atom. The van der Waals surface area contributed by atoms with Crippen LogP contribution in [0.2, 0.25) is 5.02 Å². The zero-order valence-corrected chi connectivity index (χ0v) is 17.4. The second-order valence-electron chi connectivity index (χ2n) is 6.84. The van der Waals surface area contributed by atoms with Crippen LogP contribution in [-0.2, 0) is 20.0 Å². The van der Waals surface area contributed by atoms with Crippen LogP contribution in [-0.4, -0.2) is 35.6 Å². The van der Waals surface area contributed by atoms with Gasteiger partial charge in [0.1, 0.15) is 5.75 Å². The summed E-state index contributed by atoms with van der Waals surface area (Å²) in [6, 6.07) is 9.71. The molecule has 3 amide bonds. The van der Waals surface area contributed by atoms with Crippen LogP contribution >= 0.6 is 11.6 Å². The molecule has 2 aromatic rings. The average molecular weight is 446 g/mol. The van der Waals surface area contributed by atoms with Gasteiger partial charge in [-0.1, -0.05) is 11.6 Å². The number of halogens is 1. The van der Waals surface area contributed by atoms with Crippen molar-refractivity contribution in [3.05, 3.63) is 58.1 Å². The lowest BCUT2D eigenvalue weighted by Crippen LogP contribution is -2.42. The number of anilines is 1. The summed E-state index contributed by atoms with van der Waals surface area (Å²) < 4.78 is 5.13. The number of fused-ring (bicyclic) bond motifs is 1. The molecule has 0 radical (unpaired) electrons. The monoisotopic (exact) mass is 445 g/mol. The minimum atomic E-state index is -2.01. The summed E-state index contributed by atoms with van der Waals surface area (Å²) in [4.78, 5) is 35.9. The van der Waals surface area contributed by atoms with Gasteiger partial charge in [-0.2, -0.15) is 5.10 Å². The highest BCUT2D eigenvalue weighted by atomic mass is 35.5. The molecule has 1 atom stereocenters. The molecule has 11 heteroatoms. The van der Waals surface area contributed by atoms with E-state index in [2.05, 4.69) is 15.8 Å². The lowest BCUT2D eigenvalue weighted by Gasteiger charge is -2.22. The van der Waals surface area contributed by atoms with Gasteiger partial charge in [0, 0.05) is 17.0 Å². The first kappa shape index (κ1) is 22.2. The fourth-order valence-electron chi connectivity index (χ4n) is 3.22. The Bertz CT molecular complexity index is 1090. The standard InChI is InChI=1S/C20H20ClN5O5/c1-10-7-12(21)8-14-16(10)23-19(29)20(14,30)9-15(25-26-18(28)17(27)24-22)11-3-5-13(31-2)6-4-11/h3-8,30H,9,22H2,1-2H3,(H,23,29)(H,24,27)(H,26,28)/b25-15-/t20-/m0/s1. The van der Waals surface area contributed by atoms with E-state index >= 15 is 0 Å². The Hall–Kier alpha value is -3.47. The van der Waals surface area contributed by atoms with E-state index < -0.39 is 23.3 Å². The highest BCUT2D eigenvalue weighted by Gasteiger charge is 2.47. The lowest BCUT2D eigenvalue weighted by atomic mass is 9.87. The molecule has 31 heavy (non-hydrogen) atoms. The van der Waals surface area contributed by atoms with Gasteiger partial charge in [-0.05, 0) is 54.4 Å². The molecule has 6 N–H and O–H groups in total. The number of nitrogens with one attached hydrogen (secondary N) is 3. The minimum Gasteiger partial charge on any atom is -0.497 e. The molecular weight excluding hydrogens is 426 g/mol. The number of hydrazine groups is 1. The molecular formula is C20H20ClN5O5. The van der Waals surface area contributed by atoms with Crippen molar-refractivity contribution in [2.75, 3.05) is 12.4 Å². The van der Waals surface area contributed by atoms with Crippen molar-refractivity contribution in [3.8, 4) is 5.75 Å². The molecule has 1 aliphatic rings. The molecule has 0 spiro atoms. The van der Waals surface area contributed by atoms with Crippen LogP contribution in [0.3, 0.4) is 0 Å². The van der Waals surface area contributed by atoms with Gasteiger partial charge in [0.05, 0.1) is 18.5 Å². The maximum atomic E-state index is 12.7. The maximum absolute atomic E-state index is 12.7. The smallest absolute Gasteiger partial charge is 0.330 e.